The van der Waals surface area contributed by atoms with E-state index in [-0.39, 0.29) is 12.1 Å². The highest BCUT2D eigenvalue weighted by molar-refractivity contribution is 7.71. The van der Waals surface area contributed by atoms with Gasteiger partial charge in [-0.1, -0.05) is 25.3 Å². The van der Waals surface area contributed by atoms with Crippen molar-refractivity contribution in [3.63, 3.8) is 0 Å². The molecule has 0 spiro atoms. The van der Waals surface area contributed by atoms with E-state index in [2.05, 4.69) is 9.55 Å². The van der Waals surface area contributed by atoms with Crippen LogP contribution >= 0.6 is 12.2 Å². The highest BCUT2D eigenvalue weighted by Crippen LogP contribution is 2.33. The molecule has 2 N–H and O–H groups in total. The molecule has 5 heteroatoms. The second-order valence-corrected chi connectivity index (χ2v) is 6.04. The molecule has 0 bridgehead atoms. The fourth-order valence-electron chi connectivity index (χ4n) is 3.30. The van der Waals surface area contributed by atoms with Crippen molar-refractivity contribution in [3.05, 3.63) is 23.0 Å². The molecule has 0 amide bonds. The van der Waals surface area contributed by atoms with Crippen LogP contribution in [0.4, 0.5) is 0 Å². The van der Waals surface area contributed by atoms with Gasteiger partial charge >= 0.3 is 0 Å². The molecule has 1 saturated carbocycles. The standard InChI is InChI=1S/C16H22N2O2S/c1-2-20-14-10-6-8-12-15(14)17-16(21)18(12)11-7-4-3-5-9-13(11)19/h6,8,10-11,13,19H,2-5,7,9H2,1H3,(H,17,21). The summed E-state index contributed by atoms with van der Waals surface area (Å²) in [5.74, 6) is 0.822. The van der Waals surface area contributed by atoms with Gasteiger partial charge in [0.2, 0.25) is 0 Å². The lowest BCUT2D eigenvalue weighted by Gasteiger charge is -2.22. The zero-order valence-electron chi connectivity index (χ0n) is 12.3. The van der Waals surface area contributed by atoms with Crippen LogP contribution in [0.15, 0.2) is 18.2 Å². The lowest BCUT2D eigenvalue weighted by Crippen LogP contribution is -2.23. The third-order valence-electron chi connectivity index (χ3n) is 4.29. The normalized spacial score (nSPS) is 23.1. The Balaban J connectivity index is 2.11. The number of aromatic amines is 1. The number of nitrogens with one attached hydrogen (secondary N) is 1. The van der Waals surface area contributed by atoms with Gasteiger partial charge < -0.3 is 19.4 Å². The minimum absolute atomic E-state index is 0.0608. The molecule has 3 rings (SSSR count). The van der Waals surface area contributed by atoms with Gasteiger partial charge in [-0.2, -0.15) is 0 Å². The van der Waals surface area contributed by atoms with Crippen LogP contribution in [0.1, 0.15) is 45.1 Å². The van der Waals surface area contributed by atoms with E-state index < -0.39 is 0 Å². The van der Waals surface area contributed by atoms with Gasteiger partial charge in [0.05, 0.1) is 24.3 Å². The molecule has 0 radical (unpaired) electrons. The molecule has 1 aromatic carbocycles. The number of ether oxygens (including phenoxy) is 1. The Morgan fingerprint density at radius 1 is 1.33 bits per heavy atom. The fraction of sp³-hybridized carbons (Fsp3) is 0.562. The zero-order chi connectivity index (χ0) is 14.8. The van der Waals surface area contributed by atoms with Gasteiger partial charge in [-0.15, -0.1) is 0 Å². The Morgan fingerprint density at radius 3 is 2.95 bits per heavy atom. The van der Waals surface area contributed by atoms with Gasteiger partial charge in [-0.3, -0.25) is 0 Å². The van der Waals surface area contributed by atoms with Crippen LogP contribution in [0.25, 0.3) is 11.0 Å². The topological polar surface area (TPSA) is 50.2 Å². The molecule has 1 heterocycles. The molecular weight excluding hydrogens is 284 g/mol. The van der Waals surface area contributed by atoms with Crippen molar-refractivity contribution in [3.8, 4) is 5.75 Å². The predicted molar refractivity (Wildman–Crippen MR) is 86.4 cm³/mol. The number of H-pyrrole nitrogens is 1. The molecule has 1 aliphatic carbocycles. The van der Waals surface area contributed by atoms with E-state index in [9.17, 15) is 5.11 Å². The molecule has 0 saturated heterocycles. The molecule has 1 fully saturated rings. The lowest BCUT2D eigenvalue weighted by atomic mass is 10.1. The first-order chi connectivity index (χ1) is 10.2. The number of nitrogens with zero attached hydrogens (tertiary/aromatic N) is 1. The third-order valence-corrected chi connectivity index (χ3v) is 4.59. The maximum Gasteiger partial charge on any atom is 0.178 e. The largest absolute Gasteiger partial charge is 0.492 e. The van der Waals surface area contributed by atoms with Crippen LogP contribution in [-0.2, 0) is 0 Å². The summed E-state index contributed by atoms with van der Waals surface area (Å²) in [5, 5.41) is 10.5. The van der Waals surface area contributed by atoms with E-state index in [1.54, 1.807) is 0 Å². The number of aliphatic hydroxyl groups excluding tert-OH is 1. The van der Waals surface area contributed by atoms with Gasteiger partial charge in [0, 0.05) is 0 Å². The molecular formula is C16H22N2O2S. The molecule has 114 valence electrons. The summed E-state index contributed by atoms with van der Waals surface area (Å²) < 4.78 is 8.43. The van der Waals surface area contributed by atoms with Gasteiger partial charge in [0.15, 0.2) is 4.77 Å². The number of para-hydroxylation sites is 1. The molecule has 0 aliphatic heterocycles. The molecule has 21 heavy (non-hydrogen) atoms. The second-order valence-electron chi connectivity index (χ2n) is 5.66. The van der Waals surface area contributed by atoms with Gasteiger partial charge in [0.25, 0.3) is 0 Å². The summed E-state index contributed by atoms with van der Waals surface area (Å²) in [4.78, 5) is 3.26. The Hall–Kier alpha value is -1.33. The van der Waals surface area contributed by atoms with E-state index in [0.29, 0.717) is 11.4 Å². The Labute approximate surface area is 129 Å². The SMILES string of the molecule is CCOc1cccc2c1[nH]c(=S)n2C1CCCCCC1O. The number of hydrogen-bond acceptors (Lipinski definition) is 3. The maximum atomic E-state index is 10.5. The molecule has 2 aromatic rings. The molecule has 1 aromatic heterocycles. The highest BCUT2D eigenvalue weighted by atomic mass is 32.1. The van der Waals surface area contributed by atoms with Crippen molar-refractivity contribution in [2.24, 2.45) is 0 Å². The first kappa shape index (κ1) is 14.6. The fourth-order valence-corrected chi connectivity index (χ4v) is 3.63. The summed E-state index contributed by atoms with van der Waals surface area (Å²) in [6.45, 7) is 2.59. The summed E-state index contributed by atoms with van der Waals surface area (Å²) >= 11 is 5.52. The zero-order valence-corrected chi connectivity index (χ0v) is 13.2. The maximum absolute atomic E-state index is 10.5. The molecule has 2 atom stereocenters. The van der Waals surface area contributed by atoms with Gasteiger partial charge in [-0.25, -0.2) is 0 Å². The van der Waals surface area contributed by atoms with Crippen molar-refractivity contribution in [1.82, 2.24) is 9.55 Å². The van der Waals surface area contributed by atoms with E-state index in [1.165, 1.54) is 6.42 Å². The average molecular weight is 306 g/mol. The number of aromatic nitrogens is 2. The Morgan fingerprint density at radius 2 is 2.14 bits per heavy atom. The lowest BCUT2D eigenvalue weighted by molar-refractivity contribution is 0.107. The van der Waals surface area contributed by atoms with E-state index in [0.717, 1.165) is 42.5 Å². The summed E-state index contributed by atoms with van der Waals surface area (Å²) in [7, 11) is 0. The number of hydrogen-bond donors (Lipinski definition) is 2. The number of fused-ring (bicyclic) bond motifs is 1. The first-order valence-corrected chi connectivity index (χ1v) is 8.17. The third kappa shape index (κ3) is 2.72. The summed E-state index contributed by atoms with van der Waals surface area (Å²) in [5.41, 5.74) is 1.96. The van der Waals surface area contributed by atoms with Crippen LogP contribution < -0.4 is 4.74 Å². The Bertz CT molecular complexity index is 676. The molecule has 2 unspecified atom stereocenters. The van der Waals surface area contributed by atoms with E-state index in [1.807, 2.05) is 25.1 Å². The van der Waals surface area contributed by atoms with E-state index >= 15 is 0 Å². The predicted octanol–water partition coefficient (Wildman–Crippen LogP) is 3.96. The van der Waals surface area contributed by atoms with Crippen LogP contribution in [0, 0.1) is 4.77 Å². The number of aliphatic hydroxyl groups is 1. The van der Waals surface area contributed by atoms with Crippen LogP contribution in [0.2, 0.25) is 0 Å². The van der Waals surface area contributed by atoms with Crippen molar-refractivity contribution in [1.29, 1.82) is 0 Å². The van der Waals surface area contributed by atoms with E-state index in [4.69, 9.17) is 17.0 Å². The van der Waals surface area contributed by atoms with Gasteiger partial charge in [0.1, 0.15) is 11.3 Å². The minimum atomic E-state index is -0.325. The monoisotopic (exact) mass is 306 g/mol. The Kier molecular flexibility index (Phi) is 4.31. The summed E-state index contributed by atoms with van der Waals surface area (Å²) in [6, 6.07) is 6.04. The number of imidazole rings is 1. The summed E-state index contributed by atoms with van der Waals surface area (Å²) in [6.07, 6.45) is 4.92. The minimum Gasteiger partial charge on any atom is -0.492 e. The number of rotatable bonds is 3. The average Bonchev–Trinajstić information content (AvgIpc) is 2.65. The first-order valence-electron chi connectivity index (χ1n) is 7.76. The molecule has 4 nitrogen and oxygen atoms in total. The number of benzene rings is 1. The molecule has 1 aliphatic rings. The van der Waals surface area contributed by atoms with Crippen molar-refractivity contribution >= 4 is 23.3 Å². The highest BCUT2D eigenvalue weighted by Gasteiger charge is 2.25. The van der Waals surface area contributed by atoms with Crippen LogP contribution in [0.5, 0.6) is 5.75 Å². The quantitative estimate of drug-likeness (QED) is 0.666. The van der Waals surface area contributed by atoms with Crippen molar-refractivity contribution in [2.75, 3.05) is 6.61 Å². The second kappa shape index (κ2) is 6.20. The van der Waals surface area contributed by atoms with Crippen molar-refractivity contribution < 1.29 is 9.84 Å². The smallest absolute Gasteiger partial charge is 0.178 e. The van der Waals surface area contributed by atoms with Crippen LogP contribution in [0.3, 0.4) is 0 Å². The van der Waals surface area contributed by atoms with Crippen molar-refractivity contribution in [2.45, 2.75) is 51.2 Å². The van der Waals surface area contributed by atoms with Gasteiger partial charge in [-0.05, 0) is 44.1 Å². The van der Waals surface area contributed by atoms with Crippen LogP contribution in [-0.4, -0.2) is 27.4 Å².